The minimum Gasteiger partial charge on any atom is -0.493 e. The first-order chi connectivity index (χ1) is 13.4. The molecule has 0 unspecified atom stereocenters. The maximum Gasteiger partial charge on any atom is 0.262 e. The number of sulfonamides is 1. The number of hydrogen-bond donors (Lipinski definition) is 2. The Labute approximate surface area is 164 Å². The van der Waals surface area contributed by atoms with Gasteiger partial charge in [0.25, 0.3) is 10.0 Å². The van der Waals surface area contributed by atoms with E-state index in [-0.39, 0.29) is 10.8 Å². The highest BCUT2D eigenvalue weighted by Gasteiger charge is 2.19. The summed E-state index contributed by atoms with van der Waals surface area (Å²) in [6.07, 6.45) is 0.865. The Kier molecular flexibility index (Phi) is 5.84. The van der Waals surface area contributed by atoms with Gasteiger partial charge in [-0.1, -0.05) is 31.2 Å². The van der Waals surface area contributed by atoms with Gasteiger partial charge in [-0.3, -0.25) is 9.52 Å². The summed E-state index contributed by atoms with van der Waals surface area (Å²) in [7, 11) is -3.81. The fourth-order valence-corrected chi connectivity index (χ4v) is 4.12. The molecule has 0 fully saturated rings. The van der Waals surface area contributed by atoms with E-state index in [1.807, 2.05) is 19.1 Å². The van der Waals surface area contributed by atoms with Crippen molar-refractivity contribution in [3.05, 3.63) is 60.7 Å². The van der Waals surface area contributed by atoms with Crippen LogP contribution >= 0.6 is 0 Å². The number of rotatable bonds is 7. The van der Waals surface area contributed by atoms with Crippen LogP contribution in [-0.4, -0.2) is 20.9 Å². The van der Waals surface area contributed by atoms with Crippen LogP contribution in [0.25, 0.3) is 10.8 Å². The number of carbonyl (C=O) groups excluding carboxylic acids is 1. The Hall–Kier alpha value is -3.06. The van der Waals surface area contributed by atoms with Crippen molar-refractivity contribution in [3.63, 3.8) is 0 Å². The molecule has 0 radical (unpaired) electrons. The van der Waals surface area contributed by atoms with Gasteiger partial charge in [-0.05, 0) is 42.8 Å². The predicted molar refractivity (Wildman–Crippen MR) is 111 cm³/mol. The molecule has 0 aliphatic rings. The topological polar surface area (TPSA) is 84.5 Å². The lowest BCUT2D eigenvalue weighted by molar-refractivity contribution is -0.114. The molecule has 3 rings (SSSR count). The van der Waals surface area contributed by atoms with Crippen LogP contribution in [0, 0.1) is 0 Å². The van der Waals surface area contributed by atoms with Gasteiger partial charge in [0.05, 0.1) is 11.5 Å². The number of anilines is 2. The minimum atomic E-state index is -3.81. The van der Waals surface area contributed by atoms with Gasteiger partial charge in [0.1, 0.15) is 5.75 Å². The van der Waals surface area contributed by atoms with E-state index in [1.54, 1.807) is 48.5 Å². The molecule has 0 aliphatic carbocycles. The van der Waals surface area contributed by atoms with Gasteiger partial charge in [0.2, 0.25) is 5.91 Å². The predicted octanol–water partition coefficient (Wildman–Crippen LogP) is 4.39. The maximum absolute atomic E-state index is 13.0. The van der Waals surface area contributed by atoms with E-state index in [4.69, 9.17) is 4.74 Å². The summed E-state index contributed by atoms with van der Waals surface area (Å²) in [5.74, 6) is 0.473. The van der Waals surface area contributed by atoms with E-state index in [1.165, 1.54) is 6.92 Å². The second-order valence-electron chi connectivity index (χ2n) is 6.32. The highest BCUT2D eigenvalue weighted by atomic mass is 32.2. The first kappa shape index (κ1) is 19.7. The summed E-state index contributed by atoms with van der Waals surface area (Å²) in [6, 6.07) is 17.0. The van der Waals surface area contributed by atoms with E-state index in [2.05, 4.69) is 10.0 Å². The van der Waals surface area contributed by atoms with Gasteiger partial charge >= 0.3 is 0 Å². The van der Waals surface area contributed by atoms with Gasteiger partial charge in [-0.25, -0.2) is 8.42 Å². The van der Waals surface area contributed by atoms with Crippen molar-refractivity contribution in [2.24, 2.45) is 0 Å². The molecule has 0 aliphatic heterocycles. The number of amides is 1. The number of nitrogens with one attached hydrogen (secondary N) is 2. The minimum absolute atomic E-state index is 0.179. The highest BCUT2D eigenvalue weighted by molar-refractivity contribution is 7.93. The Bertz CT molecular complexity index is 1090. The SMILES string of the molecule is CCCOc1ccc(S(=O)(=O)Nc2ccc(NC(C)=O)cc2)c2ccccc12. The van der Waals surface area contributed by atoms with Gasteiger partial charge in [-0.2, -0.15) is 0 Å². The molecule has 0 bridgehead atoms. The molecule has 1 amide bonds. The lowest BCUT2D eigenvalue weighted by Crippen LogP contribution is -2.14. The van der Waals surface area contributed by atoms with Crippen LogP contribution in [0.5, 0.6) is 5.75 Å². The maximum atomic E-state index is 13.0. The average Bonchev–Trinajstić information content (AvgIpc) is 2.67. The molecule has 6 nitrogen and oxygen atoms in total. The van der Waals surface area contributed by atoms with Crippen molar-refractivity contribution >= 4 is 38.1 Å². The van der Waals surface area contributed by atoms with E-state index in [0.717, 1.165) is 11.8 Å². The number of carbonyl (C=O) groups is 1. The van der Waals surface area contributed by atoms with E-state index in [0.29, 0.717) is 29.1 Å². The fourth-order valence-electron chi connectivity index (χ4n) is 2.85. The van der Waals surface area contributed by atoms with Crippen molar-refractivity contribution in [2.75, 3.05) is 16.6 Å². The number of fused-ring (bicyclic) bond motifs is 1. The second kappa shape index (κ2) is 8.31. The fraction of sp³-hybridized carbons (Fsp3) is 0.190. The van der Waals surface area contributed by atoms with Crippen LogP contribution < -0.4 is 14.8 Å². The van der Waals surface area contributed by atoms with E-state index in [9.17, 15) is 13.2 Å². The third-order valence-electron chi connectivity index (χ3n) is 4.05. The summed E-state index contributed by atoms with van der Waals surface area (Å²) < 4.78 is 34.3. The number of hydrogen-bond acceptors (Lipinski definition) is 4. The summed E-state index contributed by atoms with van der Waals surface area (Å²) >= 11 is 0. The first-order valence-corrected chi connectivity index (χ1v) is 10.4. The molecule has 0 saturated heterocycles. The largest absolute Gasteiger partial charge is 0.493 e. The monoisotopic (exact) mass is 398 g/mol. The molecule has 3 aromatic carbocycles. The van der Waals surface area contributed by atoms with Gasteiger partial charge < -0.3 is 10.1 Å². The Balaban J connectivity index is 1.93. The molecular weight excluding hydrogens is 376 g/mol. The molecular formula is C21H22N2O4S. The Morgan fingerprint density at radius 1 is 0.929 bits per heavy atom. The van der Waals surface area contributed by atoms with Gasteiger partial charge in [0.15, 0.2) is 0 Å². The number of ether oxygens (including phenoxy) is 1. The molecule has 0 saturated carbocycles. The zero-order chi connectivity index (χ0) is 20.1. The summed E-state index contributed by atoms with van der Waals surface area (Å²) in [5, 5.41) is 3.99. The van der Waals surface area contributed by atoms with Crippen molar-refractivity contribution < 1.29 is 17.9 Å². The lowest BCUT2D eigenvalue weighted by Gasteiger charge is -2.14. The van der Waals surface area contributed by atoms with Gasteiger partial charge in [-0.15, -0.1) is 0 Å². The smallest absolute Gasteiger partial charge is 0.262 e. The zero-order valence-electron chi connectivity index (χ0n) is 15.7. The summed E-state index contributed by atoms with van der Waals surface area (Å²) in [4.78, 5) is 11.3. The zero-order valence-corrected chi connectivity index (χ0v) is 16.5. The van der Waals surface area contributed by atoms with Gasteiger partial charge in [0, 0.05) is 29.1 Å². The van der Waals surface area contributed by atoms with Crippen LogP contribution in [0.2, 0.25) is 0 Å². The molecule has 0 atom stereocenters. The number of benzene rings is 3. The van der Waals surface area contributed by atoms with Crippen molar-refractivity contribution in [1.29, 1.82) is 0 Å². The molecule has 0 spiro atoms. The normalized spacial score (nSPS) is 11.2. The van der Waals surface area contributed by atoms with Crippen molar-refractivity contribution in [1.82, 2.24) is 0 Å². The summed E-state index contributed by atoms with van der Waals surface area (Å²) in [6.45, 7) is 3.99. The van der Waals surface area contributed by atoms with Crippen LogP contribution in [-0.2, 0) is 14.8 Å². The second-order valence-corrected chi connectivity index (χ2v) is 7.97. The summed E-state index contributed by atoms with van der Waals surface area (Å²) in [5.41, 5.74) is 1.00. The molecule has 146 valence electrons. The van der Waals surface area contributed by atoms with E-state index >= 15 is 0 Å². The average molecular weight is 398 g/mol. The molecule has 3 aromatic rings. The van der Waals surface area contributed by atoms with Crippen molar-refractivity contribution in [3.8, 4) is 5.75 Å². The van der Waals surface area contributed by atoms with Crippen LogP contribution in [0.1, 0.15) is 20.3 Å². The third-order valence-corrected chi connectivity index (χ3v) is 5.49. The highest BCUT2D eigenvalue weighted by Crippen LogP contribution is 2.32. The third kappa shape index (κ3) is 4.43. The van der Waals surface area contributed by atoms with E-state index < -0.39 is 10.0 Å². The molecule has 0 heterocycles. The molecule has 7 heteroatoms. The molecule has 28 heavy (non-hydrogen) atoms. The quantitative estimate of drug-likeness (QED) is 0.618. The molecule has 2 N–H and O–H groups in total. The van der Waals surface area contributed by atoms with Crippen LogP contribution in [0.4, 0.5) is 11.4 Å². The Morgan fingerprint density at radius 3 is 2.21 bits per heavy atom. The Morgan fingerprint density at radius 2 is 1.57 bits per heavy atom. The standard InChI is InChI=1S/C21H22N2O4S/c1-3-14-27-20-12-13-21(19-7-5-4-6-18(19)20)28(25,26)23-17-10-8-16(9-11-17)22-15(2)24/h4-13,23H,3,14H2,1-2H3,(H,22,24). The van der Waals surface area contributed by atoms with Crippen LogP contribution in [0.3, 0.4) is 0 Å². The van der Waals surface area contributed by atoms with Crippen molar-refractivity contribution in [2.45, 2.75) is 25.2 Å². The molecule has 0 aromatic heterocycles. The lowest BCUT2D eigenvalue weighted by atomic mass is 10.1. The first-order valence-electron chi connectivity index (χ1n) is 8.96. The van der Waals surface area contributed by atoms with Crippen LogP contribution in [0.15, 0.2) is 65.6 Å².